The van der Waals surface area contributed by atoms with E-state index >= 15 is 0 Å². The molecule has 3 rings (SSSR count). The molecule has 1 aromatic carbocycles. The predicted octanol–water partition coefficient (Wildman–Crippen LogP) is 3.47. The Labute approximate surface area is 152 Å². The Morgan fingerprint density at radius 1 is 1.04 bits per heavy atom. The molecule has 0 unspecified atom stereocenters. The van der Waals surface area contributed by atoms with Gasteiger partial charge in [-0.05, 0) is 55.7 Å². The monoisotopic (exact) mass is 347 g/mol. The Hall–Kier alpha value is -3.28. The average Bonchev–Trinajstić information content (AvgIpc) is 2.64. The largest absolute Gasteiger partial charge is 0.347 e. The number of hydrogen-bond donors (Lipinski definition) is 2. The SMILES string of the molecule is Cc1nc(Nc2cccc(C)c2C)cc(C(=O)NCc2ccncc2)n1. The van der Waals surface area contributed by atoms with Gasteiger partial charge in [0.05, 0.1) is 0 Å². The van der Waals surface area contributed by atoms with Crippen LogP contribution in [0.3, 0.4) is 0 Å². The van der Waals surface area contributed by atoms with Gasteiger partial charge in [0.2, 0.25) is 0 Å². The smallest absolute Gasteiger partial charge is 0.270 e. The van der Waals surface area contributed by atoms with E-state index in [1.54, 1.807) is 25.4 Å². The van der Waals surface area contributed by atoms with Crippen molar-refractivity contribution in [3.05, 3.63) is 77.0 Å². The van der Waals surface area contributed by atoms with Gasteiger partial charge in [0, 0.05) is 30.7 Å². The summed E-state index contributed by atoms with van der Waals surface area (Å²) in [7, 11) is 0. The minimum atomic E-state index is -0.240. The molecule has 0 aliphatic carbocycles. The van der Waals surface area contributed by atoms with Gasteiger partial charge in [0.25, 0.3) is 5.91 Å². The van der Waals surface area contributed by atoms with Gasteiger partial charge in [-0.15, -0.1) is 0 Å². The molecule has 0 radical (unpaired) electrons. The maximum Gasteiger partial charge on any atom is 0.270 e. The number of nitrogens with one attached hydrogen (secondary N) is 2. The number of rotatable bonds is 5. The number of nitrogens with zero attached hydrogens (tertiary/aromatic N) is 3. The summed E-state index contributed by atoms with van der Waals surface area (Å²) in [5.41, 5.74) is 4.61. The van der Waals surface area contributed by atoms with E-state index in [0.29, 0.717) is 23.9 Å². The number of aromatic nitrogens is 3. The summed E-state index contributed by atoms with van der Waals surface area (Å²) in [5.74, 6) is 0.894. The zero-order valence-electron chi connectivity index (χ0n) is 15.1. The number of aryl methyl sites for hydroxylation is 2. The summed E-state index contributed by atoms with van der Waals surface area (Å²) >= 11 is 0. The lowest BCUT2D eigenvalue weighted by Gasteiger charge is -2.12. The summed E-state index contributed by atoms with van der Waals surface area (Å²) in [5, 5.41) is 6.15. The lowest BCUT2D eigenvalue weighted by atomic mass is 10.1. The second kappa shape index (κ2) is 7.74. The van der Waals surface area contributed by atoms with Crippen LogP contribution in [0.25, 0.3) is 0 Å². The van der Waals surface area contributed by atoms with E-state index in [4.69, 9.17) is 0 Å². The second-order valence-electron chi connectivity index (χ2n) is 6.10. The van der Waals surface area contributed by atoms with Crippen LogP contribution in [0, 0.1) is 20.8 Å². The van der Waals surface area contributed by atoms with Crippen molar-refractivity contribution in [1.29, 1.82) is 0 Å². The van der Waals surface area contributed by atoms with Crippen LogP contribution in [0.4, 0.5) is 11.5 Å². The molecule has 2 heterocycles. The maximum absolute atomic E-state index is 12.5. The minimum absolute atomic E-state index is 0.240. The topological polar surface area (TPSA) is 79.8 Å². The average molecular weight is 347 g/mol. The fourth-order valence-electron chi connectivity index (χ4n) is 2.55. The van der Waals surface area contributed by atoms with Gasteiger partial charge >= 0.3 is 0 Å². The van der Waals surface area contributed by atoms with Crippen LogP contribution < -0.4 is 10.6 Å². The van der Waals surface area contributed by atoms with Crippen molar-refractivity contribution in [2.45, 2.75) is 27.3 Å². The highest BCUT2D eigenvalue weighted by Crippen LogP contribution is 2.22. The number of amides is 1. The van der Waals surface area contributed by atoms with Gasteiger partial charge in [-0.1, -0.05) is 12.1 Å². The molecule has 0 saturated heterocycles. The molecule has 0 bridgehead atoms. The summed E-state index contributed by atoms with van der Waals surface area (Å²) < 4.78 is 0. The van der Waals surface area contributed by atoms with Gasteiger partial charge in [-0.3, -0.25) is 9.78 Å². The number of carbonyl (C=O) groups is 1. The summed E-state index contributed by atoms with van der Waals surface area (Å²) in [6.07, 6.45) is 3.39. The fourth-order valence-corrected chi connectivity index (χ4v) is 2.55. The van der Waals surface area contributed by atoms with Crippen molar-refractivity contribution in [2.75, 3.05) is 5.32 Å². The van der Waals surface area contributed by atoms with Crippen LogP contribution in [-0.2, 0) is 6.54 Å². The summed E-state index contributed by atoms with van der Waals surface area (Å²) in [6, 6.07) is 11.4. The lowest BCUT2D eigenvalue weighted by molar-refractivity contribution is 0.0945. The van der Waals surface area contributed by atoms with Crippen molar-refractivity contribution in [2.24, 2.45) is 0 Å². The Kier molecular flexibility index (Phi) is 5.22. The van der Waals surface area contributed by atoms with E-state index in [2.05, 4.69) is 38.6 Å². The first kappa shape index (κ1) is 17.5. The van der Waals surface area contributed by atoms with Crippen LogP contribution in [-0.4, -0.2) is 20.9 Å². The number of hydrogen-bond acceptors (Lipinski definition) is 5. The number of anilines is 2. The van der Waals surface area contributed by atoms with Gasteiger partial charge in [-0.2, -0.15) is 0 Å². The number of pyridine rings is 1. The molecule has 0 fully saturated rings. The fraction of sp³-hybridized carbons (Fsp3) is 0.200. The van der Waals surface area contributed by atoms with E-state index in [1.807, 2.05) is 31.2 Å². The molecule has 0 aliphatic rings. The third-order valence-electron chi connectivity index (χ3n) is 4.14. The molecule has 0 aliphatic heterocycles. The molecule has 6 heteroatoms. The molecule has 26 heavy (non-hydrogen) atoms. The van der Waals surface area contributed by atoms with Crippen LogP contribution in [0.15, 0.2) is 48.8 Å². The Bertz CT molecular complexity index is 925. The van der Waals surface area contributed by atoms with Crippen molar-refractivity contribution >= 4 is 17.4 Å². The highest BCUT2D eigenvalue weighted by atomic mass is 16.1. The van der Waals surface area contributed by atoms with Gasteiger partial charge in [-0.25, -0.2) is 9.97 Å². The lowest BCUT2D eigenvalue weighted by Crippen LogP contribution is -2.24. The minimum Gasteiger partial charge on any atom is -0.347 e. The molecule has 0 atom stereocenters. The van der Waals surface area contributed by atoms with Crippen molar-refractivity contribution in [3.8, 4) is 0 Å². The molecule has 2 aromatic heterocycles. The molecule has 1 amide bonds. The Balaban J connectivity index is 1.76. The second-order valence-corrected chi connectivity index (χ2v) is 6.10. The molecule has 0 saturated carbocycles. The molecule has 6 nitrogen and oxygen atoms in total. The quantitative estimate of drug-likeness (QED) is 0.739. The third-order valence-corrected chi connectivity index (χ3v) is 4.14. The van der Waals surface area contributed by atoms with E-state index < -0.39 is 0 Å². The van der Waals surface area contributed by atoms with Crippen LogP contribution >= 0.6 is 0 Å². The highest BCUT2D eigenvalue weighted by molar-refractivity contribution is 5.93. The zero-order chi connectivity index (χ0) is 18.5. The van der Waals surface area contributed by atoms with Crippen molar-refractivity contribution < 1.29 is 4.79 Å². The first-order valence-corrected chi connectivity index (χ1v) is 8.39. The van der Waals surface area contributed by atoms with Gasteiger partial charge < -0.3 is 10.6 Å². The van der Waals surface area contributed by atoms with Gasteiger partial charge in [0.15, 0.2) is 0 Å². The van der Waals surface area contributed by atoms with Gasteiger partial charge in [0.1, 0.15) is 17.3 Å². The van der Waals surface area contributed by atoms with Crippen molar-refractivity contribution in [1.82, 2.24) is 20.3 Å². The normalized spacial score (nSPS) is 10.4. The molecular formula is C20H21N5O. The first-order chi connectivity index (χ1) is 12.5. The molecular weight excluding hydrogens is 326 g/mol. The molecule has 0 spiro atoms. The summed E-state index contributed by atoms with van der Waals surface area (Å²) in [4.78, 5) is 25.1. The third kappa shape index (κ3) is 4.22. The number of benzene rings is 1. The highest BCUT2D eigenvalue weighted by Gasteiger charge is 2.11. The van der Waals surface area contributed by atoms with E-state index in [0.717, 1.165) is 16.8 Å². The first-order valence-electron chi connectivity index (χ1n) is 8.39. The summed E-state index contributed by atoms with van der Waals surface area (Å²) in [6.45, 7) is 6.30. The zero-order valence-corrected chi connectivity index (χ0v) is 15.1. The van der Waals surface area contributed by atoms with E-state index in [1.165, 1.54) is 5.56 Å². The number of carbonyl (C=O) groups excluding carboxylic acids is 1. The van der Waals surface area contributed by atoms with Crippen molar-refractivity contribution in [3.63, 3.8) is 0 Å². The predicted molar refractivity (Wildman–Crippen MR) is 101 cm³/mol. The molecule has 3 aromatic rings. The molecule has 2 N–H and O–H groups in total. The Morgan fingerprint density at radius 2 is 1.81 bits per heavy atom. The Morgan fingerprint density at radius 3 is 2.58 bits per heavy atom. The van der Waals surface area contributed by atoms with Crippen LogP contribution in [0.1, 0.15) is 33.0 Å². The maximum atomic E-state index is 12.5. The standard InChI is InChI=1S/C20H21N5O/c1-13-5-4-6-17(14(13)2)25-19-11-18(23-15(3)24-19)20(26)22-12-16-7-9-21-10-8-16/h4-11H,12H2,1-3H3,(H,22,26)(H,23,24,25). The van der Waals surface area contributed by atoms with E-state index in [9.17, 15) is 4.79 Å². The van der Waals surface area contributed by atoms with E-state index in [-0.39, 0.29) is 5.91 Å². The molecule has 132 valence electrons. The van der Waals surface area contributed by atoms with Crippen LogP contribution in [0.5, 0.6) is 0 Å². The van der Waals surface area contributed by atoms with Crippen LogP contribution in [0.2, 0.25) is 0 Å².